The number of hydrogen-bond donors (Lipinski definition) is 2. The van der Waals surface area contributed by atoms with E-state index in [0.29, 0.717) is 41.8 Å². The van der Waals surface area contributed by atoms with E-state index in [1.807, 2.05) is 6.07 Å². The Labute approximate surface area is 149 Å². The first-order valence-electron chi connectivity index (χ1n) is 8.00. The third-order valence-corrected chi connectivity index (χ3v) is 4.39. The maximum absolute atomic E-state index is 9.74. The molecule has 2 aromatic carbocycles. The van der Waals surface area contributed by atoms with E-state index in [9.17, 15) is 10.4 Å². The number of allylic oxidation sites excluding steroid dienone is 1. The number of nitrogens with two attached hydrogens (primary N) is 1. The molecule has 4 rings (SSSR count). The Morgan fingerprint density at radius 3 is 2.77 bits per heavy atom. The average Bonchev–Trinajstić information content (AvgIpc) is 2.65. The van der Waals surface area contributed by atoms with E-state index >= 15 is 0 Å². The second-order valence-corrected chi connectivity index (χ2v) is 5.89. The van der Waals surface area contributed by atoms with Gasteiger partial charge in [-0.1, -0.05) is 6.07 Å². The van der Waals surface area contributed by atoms with Crippen LogP contribution in [0.2, 0.25) is 0 Å². The van der Waals surface area contributed by atoms with Crippen LogP contribution in [0.5, 0.6) is 28.7 Å². The molecule has 0 unspecified atom stereocenters. The topological polar surface area (TPSA) is 107 Å². The first-order chi connectivity index (χ1) is 12.6. The van der Waals surface area contributed by atoms with Gasteiger partial charge in [0.15, 0.2) is 11.5 Å². The molecule has 3 N–H and O–H groups in total. The van der Waals surface area contributed by atoms with Crippen LogP contribution in [0, 0.1) is 11.3 Å². The van der Waals surface area contributed by atoms with Gasteiger partial charge in [0.1, 0.15) is 36.4 Å². The van der Waals surface area contributed by atoms with Crippen LogP contribution >= 0.6 is 0 Å². The molecule has 2 aliphatic heterocycles. The second kappa shape index (κ2) is 6.08. The minimum absolute atomic E-state index is 0.00413. The minimum atomic E-state index is -0.478. The van der Waals surface area contributed by atoms with E-state index in [1.165, 1.54) is 6.07 Å². The average molecular weight is 352 g/mol. The highest BCUT2D eigenvalue weighted by atomic mass is 16.6. The zero-order chi connectivity index (χ0) is 18.3. The van der Waals surface area contributed by atoms with Crippen LogP contribution in [-0.4, -0.2) is 25.4 Å². The first kappa shape index (κ1) is 16.0. The molecule has 0 aromatic heterocycles. The zero-order valence-corrected chi connectivity index (χ0v) is 14.0. The van der Waals surface area contributed by atoms with E-state index in [2.05, 4.69) is 6.07 Å². The fourth-order valence-electron chi connectivity index (χ4n) is 3.25. The van der Waals surface area contributed by atoms with Crippen molar-refractivity contribution in [1.29, 1.82) is 5.26 Å². The molecule has 7 heteroatoms. The lowest BCUT2D eigenvalue weighted by molar-refractivity contribution is 0.165. The Hall–Kier alpha value is -3.53. The van der Waals surface area contributed by atoms with Gasteiger partial charge in [-0.15, -0.1) is 0 Å². The van der Waals surface area contributed by atoms with Gasteiger partial charge in [0, 0.05) is 11.6 Å². The number of phenolic OH excluding ortho intramolecular Hbond substituents is 1. The van der Waals surface area contributed by atoms with Crippen molar-refractivity contribution in [1.82, 2.24) is 0 Å². The molecule has 0 aliphatic carbocycles. The van der Waals surface area contributed by atoms with Crippen LogP contribution in [0.3, 0.4) is 0 Å². The highest BCUT2D eigenvalue weighted by molar-refractivity contribution is 5.62. The van der Waals surface area contributed by atoms with Crippen molar-refractivity contribution in [3.8, 4) is 34.8 Å². The largest absolute Gasteiger partial charge is 0.508 e. The molecule has 1 atom stereocenters. The van der Waals surface area contributed by atoms with Gasteiger partial charge in [-0.25, -0.2) is 0 Å². The number of rotatable bonds is 2. The van der Waals surface area contributed by atoms with Crippen molar-refractivity contribution in [2.75, 3.05) is 20.3 Å². The van der Waals surface area contributed by atoms with Crippen molar-refractivity contribution in [2.45, 2.75) is 5.92 Å². The summed E-state index contributed by atoms with van der Waals surface area (Å²) < 4.78 is 22.3. The Kier molecular flexibility index (Phi) is 3.73. The van der Waals surface area contributed by atoms with E-state index in [1.54, 1.807) is 25.3 Å². The van der Waals surface area contributed by atoms with Gasteiger partial charge in [0.25, 0.3) is 0 Å². The van der Waals surface area contributed by atoms with Crippen molar-refractivity contribution >= 4 is 0 Å². The van der Waals surface area contributed by atoms with Crippen LogP contribution in [0.15, 0.2) is 41.8 Å². The summed E-state index contributed by atoms with van der Waals surface area (Å²) >= 11 is 0. The maximum atomic E-state index is 9.74. The molecule has 0 bridgehead atoms. The number of fused-ring (bicyclic) bond motifs is 2. The highest BCUT2D eigenvalue weighted by Gasteiger charge is 2.32. The van der Waals surface area contributed by atoms with Crippen LogP contribution in [0.1, 0.15) is 17.0 Å². The quantitative estimate of drug-likeness (QED) is 0.854. The number of ether oxygens (including phenoxy) is 4. The normalized spacial score (nSPS) is 17.8. The molecule has 0 saturated carbocycles. The Bertz CT molecular complexity index is 944. The highest BCUT2D eigenvalue weighted by Crippen LogP contribution is 2.48. The molecule has 2 aliphatic rings. The monoisotopic (exact) mass is 352 g/mol. The molecule has 0 radical (unpaired) electrons. The van der Waals surface area contributed by atoms with Gasteiger partial charge in [-0.2, -0.15) is 5.26 Å². The molecule has 0 saturated heterocycles. The summed E-state index contributed by atoms with van der Waals surface area (Å²) in [6, 6.07) is 10.5. The number of methoxy groups -OCH3 is 1. The van der Waals surface area contributed by atoms with Gasteiger partial charge in [0.2, 0.25) is 11.6 Å². The first-order valence-corrected chi connectivity index (χ1v) is 8.00. The van der Waals surface area contributed by atoms with Gasteiger partial charge >= 0.3 is 0 Å². The van der Waals surface area contributed by atoms with Crippen LogP contribution in [0.25, 0.3) is 0 Å². The molecule has 0 amide bonds. The Balaban J connectivity index is 1.93. The van der Waals surface area contributed by atoms with Gasteiger partial charge in [-0.05, 0) is 23.8 Å². The number of nitriles is 1. The Morgan fingerprint density at radius 2 is 2.00 bits per heavy atom. The van der Waals surface area contributed by atoms with E-state index in [0.717, 1.165) is 5.56 Å². The fraction of sp³-hybridized carbons (Fsp3) is 0.211. The van der Waals surface area contributed by atoms with E-state index < -0.39 is 5.92 Å². The molecular formula is C19H16N2O5. The number of hydrogen-bond acceptors (Lipinski definition) is 7. The van der Waals surface area contributed by atoms with Crippen molar-refractivity contribution in [3.63, 3.8) is 0 Å². The molecule has 26 heavy (non-hydrogen) atoms. The molecular weight excluding hydrogens is 336 g/mol. The lowest BCUT2D eigenvalue weighted by atomic mass is 9.83. The van der Waals surface area contributed by atoms with Gasteiger partial charge in [0.05, 0.1) is 13.0 Å². The summed E-state index contributed by atoms with van der Waals surface area (Å²) in [5.41, 5.74) is 7.70. The minimum Gasteiger partial charge on any atom is -0.508 e. The third-order valence-electron chi connectivity index (χ3n) is 4.39. The SMILES string of the molecule is COc1cc([C@@H]2C(C#N)=C(N)Oc3cc(O)ccc32)cc2c1OCCO2. The number of phenols is 1. The summed E-state index contributed by atoms with van der Waals surface area (Å²) in [6.45, 7) is 0.874. The smallest absolute Gasteiger partial charge is 0.205 e. The predicted molar refractivity (Wildman–Crippen MR) is 91.4 cm³/mol. The third kappa shape index (κ3) is 2.43. The lowest BCUT2D eigenvalue weighted by Crippen LogP contribution is -2.21. The molecule has 2 aromatic rings. The van der Waals surface area contributed by atoms with Gasteiger partial charge < -0.3 is 29.8 Å². The molecule has 2 heterocycles. The summed E-state index contributed by atoms with van der Waals surface area (Å²) in [5.74, 6) is 1.58. The Morgan fingerprint density at radius 1 is 1.19 bits per heavy atom. The van der Waals surface area contributed by atoms with Crippen LogP contribution < -0.4 is 24.7 Å². The number of aromatic hydroxyl groups is 1. The number of nitrogens with zero attached hydrogens (tertiary/aromatic N) is 1. The lowest BCUT2D eigenvalue weighted by Gasteiger charge is -2.28. The van der Waals surface area contributed by atoms with E-state index in [-0.39, 0.29) is 17.2 Å². The van der Waals surface area contributed by atoms with Crippen molar-refractivity contribution in [2.24, 2.45) is 5.73 Å². The zero-order valence-electron chi connectivity index (χ0n) is 14.0. The molecule has 0 spiro atoms. The van der Waals surface area contributed by atoms with E-state index in [4.69, 9.17) is 24.7 Å². The van der Waals surface area contributed by atoms with Crippen molar-refractivity contribution < 1.29 is 24.1 Å². The van der Waals surface area contributed by atoms with Crippen LogP contribution in [-0.2, 0) is 0 Å². The van der Waals surface area contributed by atoms with Crippen molar-refractivity contribution in [3.05, 3.63) is 52.9 Å². The van der Waals surface area contributed by atoms with Gasteiger partial charge in [-0.3, -0.25) is 0 Å². The number of benzene rings is 2. The summed E-state index contributed by atoms with van der Waals surface area (Å²) in [6.07, 6.45) is 0. The molecule has 7 nitrogen and oxygen atoms in total. The molecule has 132 valence electrons. The van der Waals surface area contributed by atoms with Crippen LogP contribution in [0.4, 0.5) is 0 Å². The standard InChI is InChI=1S/C19H16N2O5/c1-23-15-6-10(7-16-18(15)25-5-4-24-16)17-12-3-2-11(22)8-14(12)26-19(21)13(17)9-20/h2-3,6-8,17,22H,4-5,21H2,1H3/t17-/m0/s1. The second-order valence-electron chi connectivity index (χ2n) is 5.89. The summed E-state index contributed by atoms with van der Waals surface area (Å²) in [4.78, 5) is 0. The maximum Gasteiger partial charge on any atom is 0.205 e. The predicted octanol–water partition coefficient (Wildman–Crippen LogP) is 2.39. The fourth-order valence-corrected chi connectivity index (χ4v) is 3.25. The summed E-state index contributed by atoms with van der Waals surface area (Å²) in [7, 11) is 1.54. The summed E-state index contributed by atoms with van der Waals surface area (Å²) in [5, 5.41) is 19.4. The molecule has 0 fully saturated rings.